The van der Waals surface area contributed by atoms with Crippen molar-refractivity contribution < 1.29 is 14.5 Å². The van der Waals surface area contributed by atoms with Crippen molar-refractivity contribution in [2.24, 2.45) is 0 Å². The number of ether oxygens (including phenoxy) is 1. The number of halogens is 1. The maximum Gasteiger partial charge on any atom is 0.269 e. The van der Waals surface area contributed by atoms with Gasteiger partial charge in [0, 0.05) is 42.2 Å². The van der Waals surface area contributed by atoms with Crippen molar-refractivity contribution in [3.8, 4) is 5.75 Å². The Labute approximate surface area is 166 Å². The average Bonchev–Trinajstić information content (AvgIpc) is 2.67. The van der Waals surface area contributed by atoms with Crippen LogP contribution in [0.4, 0.5) is 5.69 Å². The number of amides is 1. The zero-order valence-electron chi connectivity index (χ0n) is 15.6. The number of methoxy groups -OCH3 is 1. The summed E-state index contributed by atoms with van der Waals surface area (Å²) in [6, 6.07) is 11.4. The second kappa shape index (κ2) is 7.82. The first-order valence-corrected chi connectivity index (χ1v) is 8.81. The minimum atomic E-state index is -0.493. The molecule has 1 aromatic heterocycles. The van der Waals surface area contributed by atoms with E-state index in [4.69, 9.17) is 16.3 Å². The molecule has 0 atom stereocenters. The Morgan fingerprint density at radius 1 is 1.25 bits per heavy atom. The van der Waals surface area contributed by atoms with Crippen molar-refractivity contribution in [3.05, 3.63) is 74.4 Å². The second-order valence-corrected chi connectivity index (χ2v) is 6.78. The molecular formula is C20H18ClN3O4. The Morgan fingerprint density at radius 2 is 2.00 bits per heavy atom. The first-order valence-electron chi connectivity index (χ1n) is 8.44. The number of non-ortho nitro benzene ring substituents is 1. The molecule has 1 heterocycles. The number of carbonyl (C=O) groups excluding carboxylic acids is 1. The first kappa shape index (κ1) is 19.6. The van der Waals surface area contributed by atoms with Crippen LogP contribution in [0.15, 0.2) is 42.5 Å². The molecule has 0 aliphatic carbocycles. The predicted octanol–water partition coefficient (Wildman–Crippen LogP) is 4.39. The van der Waals surface area contributed by atoms with Gasteiger partial charge in [-0.25, -0.2) is 0 Å². The van der Waals surface area contributed by atoms with Crippen LogP contribution in [0, 0.1) is 17.0 Å². The number of aryl methyl sites for hydroxylation is 1. The van der Waals surface area contributed by atoms with Crippen molar-refractivity contribution >= 4 is 34.1 Å². The molecule has 1 amide bonds. The fourth-order valence-electron chi connectivity index (χ4n) is 2.92. The third kappa shape index (κ3) is 3.89. The van der Waals surface area contributed by atoms with E-state index in [9.17, 15) is 14.9 Å². The molecule has 0 radical (unpaired) electrons. The average molecular weight is 400 g/mol. The molecule has 2 aromatic carbocycles. The van der Waals surface area contributed by atoms with E-state index >= 15 is 0 Å². The Kier molecular flexibility index (Phi) is 5.46. The Hall–Kier alpha value is -3.19. The number of nitro groups is 1. The normalized spacial score (nSPS) is 10.7. The summed E-state index contributed by atoms with van der Waals surface area (Å²) in [5, 5.41) is 12.2. The molecule has 0 N–H and O–H groups in total. The Bertz CT molecular complexity index is 1080. The van der Waals surface area contributed by atoms with Crippen LogP contribution >= 0.6 is 11.6 Å². The zero-order chi connectivity index (χ0) is 20.4. The molecule has 0 saturated heterocycles. The van der Waals surface area contributed by atoms with Gasteiger partial charge in [-0.2, -0.15) is 0 Å². The van der Waals surface area contributed by atoms with Crippen molar-refractivity contribution in [1.82, 2.24) is 9.88 Å². The van der Waals surface area contributed by atoms with E-state index in [0.29, 0.717) is 27.6 Å². The predicted molar refractivity (Wildman–Crippen MR) is 107 cm³/mol. The highest BCUT2D eigenvalue weighted by Gasteiger charge is 2.19. The smallest absolute Gasteiger partial charge is 0.269 e. The molecule has 0 fully saturated rings. The zero-order valence-corrected chi connectivity index (χ0v) is 16.4. The molecule has 0 spiro atoms. The first-order chi connectivity index (χ1) is 13.3. The molecule has 144 valence electrons. The van der Waals surface area contributed by atoms with Gasteiger partial charge in [0.25, 0.3) is 11.6 Å². The van der Waals surface area contributed by atoms with Gasteiger partial charge in [0.05, 0.1) is 28.8 Å². The van der Waals surface area contributed by atoms with Crippen LogP contribution in [-0.2, 0) is 6.54 Å². The molecule has 0 saturated carbocycles. The van der Waals surface area contributed by atoms with Gasteiger partial charge in [-0.05, 0) is 36.8 Å². The molecule has 7 nitrogen and oxygen atoms in total. The van der Waals surface area contributed by atoms with Crippen LogP contribution in [0.3, 0.4) is 0 Å². The molecule has 0 aliphatic rings. The van der Waals surface area contributed by atoms with E-state index in [1.165, 1.54) is 23.1 Å². The molecule has 3 aromatic rings. The van der Waals surface area contributed by atoms with Gasteiger partial charge in [-0.1, -0.05) is 11.6 Å². The van der Waals surface area contributed by atoms with Crippen molar-refractivity contribution in [1.29, 1.82) is 0 Å². The largest absolute Gasteiger partial charge is 0.497 e. The molecule has 28 heavy (non-hydrogen) atoms. The second-order valence-electron chi connectivity index (χ2n) is 6.37. The molecule has 0 unspecified atom stereocenters. The quantitative estimate of drug-likeness (QED) is 0.469. The van der Waals surface area contributed by atoms with Crippen LogP contribution in [0.2, 0.25) is 5.02 Å². The number of pyridine rings is 1. The minimum Gasteiger partial charge on any atom is -0.497 e. The van der Waals surface area contributed by atoms with E-state index < -0.39 is 4.92 Å². The monoisotopic (exact) mass is 399 g/mol. The lowest BCUT2D eigenvalue weighted by atomic mass is 10.1. The Balaban J connectivity index is 1.90. The highest BCUT2D eigenvalue weighted by molar-refractivity contribution is 6.31. The van der Waals surface area contributed by atoms with Crippen LogP contribution in [-0.4, -0.2) is 34.9 Å². The lowest BCUT2D eigenvalue weighted by Gasteiger charge is -2.19. The minimum absolute atomic E-state index is 0.0715. The number of nitrogens with zero attached hydrogens (tertiary/aromatic N) is 3. The molecule has 8 heteroatoms. The van der Waals surface area contributed by atoms with Gasteiger partial charge >= 0.3 is 0 Å². The standard InChI is InChI=1S/C20H18ClN3O4/c1-12-17(9-13-4-6-16(28-3)10-19(13)22-12)20(25)23(2)11-14-8-15(24(26)27)5-7-18(14)21/h4-10H,11H2,1-3H3. The van der Waals surface area contributed by atoms with Crippen molar-refractivity contribution in [2.45, 2.75) is 13.5 Å². The van der Waals surface area contributed by atoms with E-state index in [1.54, 1.807) is 33.2 Å². The van der Waals surface area contributed by atoms with Crippen molar-refractivity contribution in [2.75, 3.05) is 14.2 Å². The molecule has 0 aliphatic heterocycles. The van der Waals surface area contributed by atoms with Gasteiger partial charge in [-0.3, -0.25) is 19.9 Å². The van der Waals surface area contributed by atoms with Gasteiger partial charge in [-0.15, -0.1) is 0 Å². The van der Waals surface area contributed by atoms with Crippen LogP contribution in [0.5, 0.6) is 5.75 Å². The van der Waals surface area contributed by atoms with Gasteiger partial charge in [0.1, 0.15) is 5.75 Å². The topological polar surface area (TPSA) is 85.6 Å². The number of fused-ring (bicyclic) bond motifs is 1. The van der Waals surface area contributed by atoms with Crippen LogP contribution in [0.25, 0.3) is 10.9 Å². The number of carbonyl (C=O) groups is 1. The van der Waals surface area contributed by atoms with Crippen molar-refractivity contribution in [3.63, 3.8) is 0 Å². The SMILES string of the molecule is COc1ccc2cc(C(=O)N(C)Cc3cc([N+](=O)[O-])ccc3Cl)c(C)nc2c1. The highest BCUT2D eigenvalue weighted by atomic mass is 35.5. The number of benzene rings is 2. The summed E-state index contributed by atoms with van der Waals surface area (Å²) in [5.41, 5.74) is 2.21. The van der Waals surface area contributed by atoms with Crippen LogP contribution < -0.4 is 4.74 Å². The van der Waals surface area contributed by atoms with E-state index in [-0.39, 0.29) is 18.1 Å². The molecular weight excluding hydrogens is 382 g/mol. The number of hydrogen-bond donors (Lipinski definition) is 0. The maximum absolute atomic E-state index is 13.0. The summed E-state index contributed by atoms with van der Waals surface area (Å²) in [6.07, 6.45) is 0. The summed E-state index contributed by atoms with van der Waals surface area (Å²) in [4.78, 5) is 29.4. The van der Waals surface area contributed by atoms with E-state index in [0.717, 1.165) is 10.9 Å². The highest BCUT2D eigenvalue weighted by Crippen LogP contribution is 2.25. The summed E-state index contributed by atoms with van der Waals surface area (Å²) in [7, 11) is 3.20. The van der Waals surface area contributed by atoms with E-state index in [2.05, 4.69) is 4.98 Å². The third-order valence-corrected chi connectivity index (χ3v) is 4.81. The molecule has 0 bridgehead atoms. The summed E-state index contributed by atoms with van der Waals surface area (Å²) >= 11 is 6.15. The van der Waals surface area contributed by atoms with Gasteiger partial charge in [0.2, 0.25) is 0 Å². The summed E-state index contributed by atoms with van der Waals surface area (Å²) in [6.45, 7) is 1.90. The Morgan fingerprint density at radius 3 is 2.68 bits per heavy atom. The third-order valence-electron chi connectivity index (χ3n) is 4.44. The number of hydrogen-bond acceptors (Lipinski definition) is 5. The maximum atomic E-state index is 13.0. The summed E-state index contributed by atoms with van der Waals surface area (Å²) < 4.78 is 5.21. The summed E-state index contributed by atoms with van der Waals surface area (Å²) in [5.74, 6) is 0.446. The van der Waals surface area contributed by atoms with Gasteiger partial charge < -0.3 is 9.64 Å². The lowest BCUT2D eigenvalue weighted by molar-refractivity contribution is -0.384. The number of nitro benzene ring substituents is 1. The van der Waals surface area contributed by atoms with Crippen LogP contribution in [0.1, 0.15) is 21.6 Å². The fraction of sp³-hybridized carbons (Fsp3) is 0.200. The lowest BCUT2D eigenvalue weighted by Crippen LogP contribution is -2.27. The van der Waals surface area contributed by atoms with E-state index in [1.807, 2.05) is 12.1 Å². The molecule has 3 rings (SSSR count). The van der Waals surface area contributed by atoms with Gasteiger partial charge in [0.15, 0.2) is 0 Å². The number of aromatic nitrogens is 1. The fourth-order valence-corrected chi connectivity index (χ4v) is 3.09. The number of rotatable bonds is 5.